The Bertz CT molecular complexity index is 1600. The van der Waals surface area contributed by atoms with Crippen LogP contribution in [0.4, 0.5) is 32.0 Å². The normalized spacial score (nSPS) is 16.2. The molecule has 0 fully saturated rings. The van der Waals surface area contributed by atoms with Crippen molar-refractivity contribution in [1.82, 2.24) is 0 Å². The summed E-state index contributed by atoms with van der Waals surface area (Å²) >= 11 is 6.18. The zero-order valence-electron chi connectivity index (χ0n) is 21.3. The summed E-state index contributed by atoms with van der Waals surface area (Å²) in [6.45, 7) is 2.32. The Morgan fingerprint density at radius 3 is 2.22 bits per heavy atom. The SMILES string of the molecule is CC(C)(C[C@H]1CN(S(=O)(=O)c2cccc(C(F)(F)F)c2)c2cc(-c3cc(C(F)(F)F)ccc3Cl)ccc2O1)C(=O)O. The first-order valence-corrected chi connectivity index (χ1v) is 13.7. The van der Waals surface area contributed by atoms with Crippen molar-refractivity contribution >= 4 is 33.3 Å². The molecule has 220 valence electrons. The van der Waals surface area contributed by atoms with Gasteiger partial charge in [0, 0.05) is 17.0 Å². The number of rotatable bonds is 6. The molecular weight excluding hydrogens is 600 g/mol. The highest BCUT2D eigenvalue weighted by Gasteiger charge is 2.40. The van der Waals surface area contributed by atoms with Crippen molar-refractivity contribution in [2.45, 2.75) is 43.6 Å². The van der Waals surface area contributed by atoms with Gasteiger partial charge in [-0.05, 0) is 67.9 Å². The van der Waals surface area contributed by atoms with Gasteiger partial charge in [-0.2, -0.15) is 26.3 Å². The summed E-state index contributed by atoms with van der Waals surface area (Å²) < 4.78 is 114. The van der Waals surface area contributed by atoms with E-state index in [0.717, 1.165) is 34.6 Å². The first kappa shape index (κ1) is 30.5. The number of carboxylic acid groups (broad SMARTS) is 1. The molecule has 0 saturated carbocycles. The number of aliphatic carboxylic acids is 1. The van der Waals surface area contributed by atoms with E-state index < -0.39 is 62.4 Å². The predicted molar refractivity (Wildman–Crippen MR) is 138 cm³/mol. The summed E-state index contributed by atoms with van der Waals surface area (Å²) in [6.07, 6.45) is -10.7. The van der Waals surface area contributed by atoms with E-state index in [1.165, 1.54) is 32.0 Å². The number of carbonyl (C=O) groups is 1. The molecule has 1 aliphatic rings. The number of ether oxygens (including phenoxy) is 1. The minimum atomic E-state index is -4.84. The summed E-state index contributed by atoms with van der Waals surface area (Å²) in [7, 11) is -4.71. The Morgan fingerprint density at radius 2 is 1.61 bits per heavy atom. The number of nitrogens with zero attached hydrogens (tertiary/aromatic N) is 1. The van der Waals surface area contributed by atoms with E-state index in [0.29, 0.717) is 12.1 Å². The molecule has 0 unspecified atom stereocenters. The van der Waals surface area contributed by atoms with Gasteiger partial charge in [0.15, 0.2) is 0 Å². The van der Waals surface area contributed by atoms with Crippen LogP contribution in [-0.2, 0) is 27.2 Å². The molecule has 0 amide bonds. The molecule has 14 heteroatoms. The Labute approximate surface area is 236 Å². The predicted octanol–water partition coefficient (Wildman–Crippen LogP) is 7.50. The van der Waals surface area contributed by atoms with Crippen LogP contribution >= 0.6 is 11.6 Å². The lowest BCUT2D eigenvalue weighted by Gasteiger charge is -2.38. The number of benzene rings is 3. The molecule has 3 aromatic rings. The summed E-state index contributed by atoms with van der Waals surface area (Å²) in [4.78, 5) is 11.0. The highest BCUT2D eigenvalue weighted by molar-refractivity contribution is 7.92. The second-order valence-electron chi connectivity index (χ2n) is 10.1. The standard InChI is InChI=1S/C27H22ClF6NO5S/c1-25(2,24(36)37)13-18-14-35(41(38,39)19-5-3-4-16(11-19)26(29,30)31)22-10-15(6-9-23(22)40-18)20-12-17(27(32,33)34)7-8-21(20)28/h3-12,18H,13-14H2,1-2H3,(H,36,37)/t18-/m0/s1. The van der Waals surface area contributed by atoms with Crippen molar-refractivity contribution in [2.75, 3.05) is 10.8 Å². The first-order chi connectivity index (χ1) is 18.8. The Hall–Kier alpha value is -3.45. The Balaban J connectivity index is 1.87. The van der Waals surface area contributed by atoms with E-state index in [9.17, 15) is 44.7 Å². The smallest absolute Gasteiger partial charge is 0.416 e. The van der Waals surface area contributed by atoms with Gasteiger partial charge < -0.3 is 9.84 Å². The average molecular weight is 622 g/mol. The lowest BCUT2D eigenvalue weighted by atomic mass is 9.86. The van der Waals surface area contributed by atoms with Gasteiger partial charge in [-0.25, -0.2) is 8.42 Å². The number of hydrogen-bond donors (Lipinski definition) is 1. The van der Waals surface area contributed by atoms with Gasteiger partial charge in [0.25, 0.3) is 10.0 Å². The van der Waals surface area contributed by atoms with E-state index in [2.05, 4.69) is 0 Å². The molecule has 0 saturated heterocycles. The van der Waals surface area contributed by atoms with Crippen molar-refractivity contribution in [3.63, 3.8) is 0 Å². The average Bonchev–Trinajstić information content (AvgIpc) is 2.87. The van der Waals surface area contributed by atoms with E-state index in [-0.39, 0.29) is 34.0 Å². The molecule has 1 aliphatic heterocycles. The van der Waals surface area contributed by atoms with Crippen molar-refractivity contribution in [2.24, 2.45) is 5.41 Å². The van der Waals surface area contributed by atoms with Crippen LogP contribution in [0, 0.1) is 5.41 Å². The molecule has 0 bridgehead atoms. The van der Waals surface area contributed by atoms with Gasteiger partial charge in [-0.3, -0.25) is 9.10 Å². The summed E-state index contributed by atoms with van der Waals surface area (Å²) in [5.41, 5.74) is -3.74. The van der Waals surface area contributed by atoms with Crippen LogP contribution < -0.4 is 9.04 Å². The van der Waals surface area contributed by atoms with Gasteiger partial charge in [0.2, 0.25) is 0 Å². The molecule has 1 N–H and O–H groups in total. The largest absolute Gasteiger partial charge is 0.486 e. The Morgan fingerprint density at radius 1 is 0.976 bits per heavy atom. The van der Waals surface area contributed by atoms with Crippen LogP contribution in [0.5, 0.6) is 5.75 Å². The van der Waals surface area contributed by atoms with Crippen LogP contribution in [0.2, 0.25) is 5.02 Å². The maximum absolute atomic E-state index is 13.8. The highest BCUT2D eigenvalue weighted by atomic mass is 35.5. The monoisotopic (exact) mass is 621 g/mol. The number of hydrogen-bond acceptors (Lipinski definition) is 4. The summed E-state index contributed by atoms with van der Waals surface area (Å²) in [6, 6.07) is 9.54. The molecule has 4 rings (SSSR count). The highest BCUT2D eigenvalue weighted by Crippen LogP contribution is 2.44. The quantitative estimate of drug-likeness (QED) is 0.288. The maximum Gasteiger partial charge on any atom is 0.416 e. The lowest BCUT2D eigenvalue weighted by Crippen LogP contribution is -2.46. The van der Waals surface area contributed by atoms with Crippen molar-refractivity contribution in [1.29, 1.82) is 0 Å². The van der Waals surface area contributed by atoms with Crippen LogP contribution in [0.15, 0.2) is 65.6 Å². The van der Waals surface area contributed by atoms with Gasteiger partial charge >= 0.3 is 18.3 Å². The van der Waals surface area contributed by atoms with Gasteiger partial charge in [0.1, 0.15) is 11.9 Å². The maximum atomic E-state index is 13.8. The molecule has 41 heavy (non-hydrogen) atoms. The van der Waals surface area contributed by atoms with E-state index >= 15 is 0 Å². The Kier molecular flexibility index (Phi) is 7.76. The van der Waals surface area contributed by atoms with E-state index in [4.69, 9.17) is 16.3 Å². The van der Waals surface area contributed by atoms with Crippen LogP contribution in [-0.4, -0.2) is 32.1 Å². The minimum Gasteiger partial charge on any atom is -0.486 e. The molecule has 1 heterocycles. The molecule has 0 aromatic heterocycles. The number of carboxylic acids is 1. The van der Waals surface area contributed by atoms with Crippen LogP contribution in [0.25, 0.3) is 11.1 Å². The fourth-order valence-corrected chi connectivity index (χ4v) is 6.12. The third kappa shape index (κ3) is 6.25. The first-order valence-electron chi connectivity index (χ1n) is 11.9. The van der Waals surface area contributed by atoms with Crippen molar-refractivity contribution in [3.8, 4) is 16.9 Å². The van der Waals surface area contributed by atoms with E-state index in [1.807, 2.05) is 0 Å². The minimum absolute atomic E-state index is 0.0650. The zero-order chi connectivity index (χ0) is 30.5. The number of anilines is 1. The van der Waals surface area contributed by atoms with Crippen LogP contribution in [0.1, 0.15) is 31.4 Å². The molecule has 6 nitrogen and oxygen atoms in total. The molecular formula is C27H22ClF6NO5S. The molecule has 0 spiro atoms. The summed E-state index contributed by atoms with van der Waals surface area (Å²) in [5.74, 6) is -1.25. The van der Waals surface area contributed by atoms with Crippen LogP contribution in [0.3, 0.4) is 0 Å². The topological polar surface area (TPSA) is 83.9 Å². The molecule has 0 aliphatic carbocycles. The third-order valence-electron chi connectivity index (χ3n) is 6.56. The summed E-state index contributed by atoms with van der Waals surface area (Å²) in [5, 5.41) is 9.49. The number of halogens is 7. The number of alkyl halides is 6. The van der Waals surface area contributed by atoms with Gasteiger partial charge in [-0.15, -0.1) is 0 Å². The molecule has 3 aromatic carbocycles. The number of sulfonamides is 1. The van der Waals surface area contributed by atoms with Gasteiger partial charge in [-0.1, -0.05) is 23.7 Å². The fourth-order valence-electron chi connectivity index (χ4n) is 4.35. The van der Waals surface area contributed by atoms with Crippen molar-refractivity contribution in [3.05, 3.63) is 76.8 Å². The third-order valence-corrected chi connectivity index (χ3v) is 8.67. The number of fused-ring (bicyclic) bond motifs is 1. The van der Waals surface area contributed by atoms with E-state index in [1.54, 1.807) is 0 Å². The zero-order valence-corrected chi connectivity index (χ0v) is 22.9. The second kappa shape index (κ2) is 10.4. The van der Waals surface area contributed by atoms with Crippen molar-refractivity contribution < 1.29 is 49.4 Å². The molecule has 0 radical (unpaired) electrons. The second-order valence-corrected chi connectivity index (χ2v) is 12.3. The molecule has 1 atom stereocenters. The lowest BCUT2D eigenvalue weighted by molar-refractivity contribution is -0.148. The fraction of sp³-hybridized carbons (Fsp3) is 0.296. The van der Waals surface area contributed by atoms with Gasteiger partial charge in [0.05, 0.1) is 33.7 Å².